The monoisotopic (exact) mass is 284 g/mol. The van der Waals surface area contributed by atoms with Gasteiger partial charge in [-0.25, -0.2) is 0 Å². The van der Waals surface area contributed by atoms with E-state index < -0.39 is 0 Å². The first kappa shape index (κ1) is 13.8. The smallest absolute Gasteiger partial charge is 0.224 e. The molecular weight excluding hydrogens is 264 g/mol. The third kappa shape index (κ3) is 3.70. The average molecular weight is 284 g/mol. The Morgan fingerprint density at radius 1 is 1.29 bits per heavy atom. The number of benzene rings is 1. The number of hydrogen-bond acceptors (Lipinski definition) is 3. The number of carbonyl (C=O) groups excluding carboxylic acids is 1. The lowest BCUT2D eigenvalue weighted by Gasteiger charge is -2.21. The molecule has 21 heavy (non-hydrogen) atoms. The van der Waals surface area contributed by atoms with Gasteiger partial charge in [-0.2, -0.15) is 5.10 Å². The topological polar surface area (TPSA) is 69.8 Å². The lowest BCUT2D eigenvalue weighted by molar-refractivity contribution is -0.117. The largest absolute Gasteiger partial charge is 0.326 e. The molecule has 1 amide bonds. The summed E-state index contributed by atoms with van der Waals surface area (Å²) in [6.07, 6.45) is 4.50. The first-order valence-corrected chi connectivity index (χ1v) is 7.41. The van der Waals surface area contributed by atoms with Crippen LogP contribution in [0.5, 0.6) is 0 Å². The molecule has 0 saturated carbocycles. The summed E-state index contributed by atoms with van der Waals surface area (Å²) in [7, 11) is 0. The van der Waals surface area contributed by atoms with E-state index in [0.717, 1.165) is 42.9 Å². The lowest BCUT2D eigenvalue weighted by atomic mass is 9.94. The minimum Gasteiger partial charge on any atom is -0.326 e. The van der Waals surface area contributed by atoms with Crippen LogP contribution >= 0.6 is 0 Å². The number of carbonyl (C=O) groups is 1. The van der Waals surface area contributed by atoms with Crippen LogP contribution in [-0.2, 0) is 4.79 Å². The summed E-state index contributed by atoms with van der Waals surface area (Å²) in [6.45, 7) is 2.04. The molecular formula is C16H20N4O. The second-order valence-electron chi connectivity index (χ2n) is 5.50. The van der Waals surface area contributed by atoms with E-state index in [9.17, 15) is 4.79 Å². The summed E-state index contributed by atoms with van der Waals surface area (Å²) in [5.74, 6) is 0.603. The van der Waals surface area contributed by atoms with E-state index in [0.29, 0.717) is 12.3 Å². The van der Waals surface area contributed by atoms with Gasteiger partial charge in [-0.05, 0) is 50.0 Å². The zero-order chi connectivity index (χ0) is 14.5. The van der Waals surface area contributed by atoms with E-state index >= 15 is 0 Å². The number of aromatic amines is 1. The minimum atomic E-state index is 0.101. The van der Waals surface area contributed by atoms with Crippen molar-refractivity contribution in [1.29, 1.82) is 0 Å². The third-order valence-corrected chi connectivity index (χ3v) is 3.89. The molecule has 0 radical (unpaired) electrons. The molecule has 0 bridgehead atoms. The van der Waals surface area contributed by atoms with Crippen LogP contribution in [0.25, 0.3) is 11.3 Å². The van der Waals surface area contributed by atoms with Crippen LogP contribution in [0.2, 0.25) is 0 Å². The zero-order valence-corrected chi connectivity index (χ0v) is 11.9. The Balaban J connectivity index is 1.62. The maximum absolute atomic E-state index is 12.1. The fraction of sp³-hybridized carbons (Fsp3) is 0.375. The lowest BCUT2D eigenvalue weighted by Crippen LogP contribution is -2.30. The fourth-order valence-electron chi connectivity index (χ4n) is 2.74. The number of nitrogens with one attached hydrogen (secondary N) is 3. The van der Waals surface area contributed by atoms with Crippen LogP contribution in [0.1, 0.15) is 19.3 Å². The molecule has 0 atom stereocenters. The van der Waals surface area contributed by atoms with Gasteiger partial charge in [-0.3, -0.25) is 9.89 Å². The quantitative estimate of drug-likeness (QED) is 0.807. The number of amides is 1. The second kappa shape index (κ2) is 6.54. The molecule has 3 N–H and O–H groups in total. The van der Waals surface area contributed by atoms with E-state index in [2.05, 4.69) is 20.8 Å². The Hall–Kier alpha value is -2.14. The summed E-state index contributed by atoms with van der Waals surface area (Å²) >= 11 is 0. The van der Waals surface area contributed by atoms with E-state index in [4.69, 9.17) is 0 Å². The van der Waals surface area contributed by atoms with Gasteiger partial charge in [0.2, 0.25) is 5.91 Å². The van der Waals surface area contributed by atoms with Crippen molar-refractivity contribution < 1.29 is 4.79 Å². The highest BCUT2D eigenvalue weighted by atomic mass is 16.1. The maximum atomic E-state index is 12.1. The highest BCUT2D eigenvalue weighted by Gasteiger charge is 2.16. The van der Waals surface area contributed by atoms with Crippen molar-refractivity contribution in [3.8, 4) is 11.3 Å². The van der Waals surface area contributed by atoms with Crippen molar-refractivity contribution in [3.05, 3.63) is 36.5 Å². The van der Waals surface area contributed by atoms with Gasteiger partial charge >= 0.3 is 0 Å². The zero-order valence-electron chi connectivity index (χ0n) is 11.9. The predicted octanol–water partition coefficient (Wildman–Crippen LogP) is 2.40. The fourth-order valence-corrected chi connectivity index (χ4v) is 2.74. The predicted molar refractivity (Wildman–Crippen MR) is 82.9 cm³/mol. The Kier molecular flexibility index (Phi) is 4.31. The number of H-pyrrole nitrogens is 1. The van der Waals surface area contributed by atoms with Crippen molar-refractivity contribution in [1.82, 2.24) is 15.5 Å². The SMILES string of the molecule is O=C(CC1CCNCC1)Nc1cccc(-c2ccn[nH]2)c1. The summed E-state index contributed by atoms with van der Waals surface area (Å²) < 4.78 is 0. The molecule has 1 aromatic carbocycles. The van der Waals surface area contributed by atoms with Crippen LogP contribution < -0.4 is 10.6 Å². The average Bonchev–Trinajstić information content (AvgIpc) is 3.02. The van der Waals surface area contributed by atoms with Crippen LogP contribution in [0, 0.1) is 5.92 Å². The molecule has 2 heterocycles. The van der Waals surface area contributed by atoms with E-state index in [1.807, 2.05) is 30.3 Å². The first-order chi connectivity index (χ1) is 10.3. The van der Waals surface area contributed by atoms with Crippen LogP contribution in [0.15, 0.2) is 36.5 Å². The molecule has 0 aliphatic carbocycles. The number of piperidine rings is 1. The number of aromatic nitrogens is 2. The molecule has 1 fully saturated rings. The Bertz CT molecular complexity index is 588. The third-order valence-electron chi connectivity index (χ3n) is 3.89. The van der Waals surface area contributed by atoms with Gasteiger partial charge in [0, 0.05) is 23.9 Å². The Morgan fingerprint density at radius 2 is 2.14 bits per heavy atom. The van der Waals surface area contributed by atoms with Gasteiger partial charge in [-0.1, -0.05) is 12.1 Å². The Morgan fingerprint density at radius 3 is 2.90 bits per heavy atom. The summed E-state index contributed by atoms with van der Waals surface area (Å²) in [6, 6.07) is 9.73. The van der Waals surface area contributed by atoms with Crippen molar-refractivity contribution in [2.75, 3.05) is 18.4 Å². The Labute approximate surface area is 124 Å². The van der Waals surface area contributed by atoms with Crippen molar-refractivity contribution in [2.45, 2.75) is 19.3 Å². The highest BCUT2D eigenvalue weighted by molar-refractivity contribution is 5.91. The second-order valence-corrected chi connectivity index (χ2v) is 5.50. The summed E-state index contributed by atoms with van der Waals surface area (Å²) in [5, 5.41) is 13.2. The molecule has 2 aromatic rings. The number of nitrogens with zero attached hydrogens (tertiary/aromatic N) is 1. The number of hydrogen-bond donors (Lipinski definition) is 3. The van der Waals surface area contributed by atoms with E-state index in [-0.39, 0.29) is 5.91 Å². The van der Waals surface area contributed by atoms with E-state index in [1.165, 1.54) is 0 Å². The molecule has 1 aliphatic rings. The van der Waals surface area contributed by atoms with Gasteiger partial charge in [0.15, 0.2) is 0 Å². The minimum absolute atomic E-state index is 0.101. The summed E-state index contributed by atoms with van der Waals surface area (Å²) in [5.41, 5.74) is 2.80. The van der Waals surface area contributed by atoms with Crippen LogP contribution in [0.3, 0.4) is 0 Å². The molecule has 0 spiro atoms. The molecule has 110 valence electrons. The standard InChI is InChI=1S/C16H20N4O/c21-16(10-12-4-7-17-8-5-12)19-14-3-1-2-13(11-14)15-6-9-18-20-15/h1-3,6,9,11-12,17H,4-5,7-8,10H2,(H,18,20)(H,19,21). The maximum Gasteiger partial charge on any atom is 0.224 e. The molecule has 3 rings (SSSR count). The van der Waals surface area contributed by atoms with Crippen molar-refractivity contribution in [2.24, 2.45) is 5.92 Å². The molecule has 5 heteroatoms. The van der Waals surface area contributed by atoms with Gasteiger partial charge in [0.05, 0.1) is 5.69 Å². The van der Waals surface area contributed by atoms with Gasteiger partial charge in [-0.15, -0.1) is 0 Å². The highest BCUT2D eigenvalue weighted by Crippen LogP contribution is 2.21. The van der Waals surface area contributed by atoms with Gasteiger partial charge in [0.25, 0.3) is 0 Å². The van der Waals surface area contributed by atoms with Gasteiger partial charge in [0.1, 0.15) is 0 Å². The molecule has 1 saturated heterocycles. The van der Waals surface area contributed by atoms with Crippen molar-refractivity contribution >= 4 is 11.6 Å². The number of anilines is 1. The molecule has 0 unspecified atom stereocenters. The van der Waals surface area contributed by atoms with Crippen LogP contribution in [-0.4, -0.2) is 29.2 Å². The molecule has 1 aliphatic heterocycles. The number of rotatable bonds is 4. The van der Waals surface area contributed by atoms with Crippen molar-refractivity contribution in [3.63, 3.8) is 0 Å². The van der Waals surface area contributed by atoms with E-state index in [1.54, 1.807) is 6.20 Å². The summed E-state index contributed by atoms with van der Waals surface area (Å²) in [4.78, 5) is 12.1. The first-order valence-electron chi connectivity index (χ1n) is 7.41. The molecule has 5 nitrogen and oxygen atoms in total. The molecule has 1 aromatic heterocycles. The van der Waals surface area contributed by atoms with Crippen LogP contribution in [0.4, 0.5) is 5.69 Å². The van der Waals surface area contributed by atoms with Gasteiger partial charge < -0.3 is 10.6 Å². The normalized spacial score (nSPS) is 15.8.